The molecule has 1 rings (SSSR count). The molecule has 0 unspecified atom stereocenters. The van der Waals surface area contributed by atoms with Crippen molar-refractivity contribution in [3.05, 3.63) is 24.3 Å². The Labute approximate surface area is 74.8 Å². The highest BCUT2D eigenvalue weighted by molar-refractivity contribution is 5.06. The molecule has 0 aromatic heterocycles. The van der Waals surface area contributed by atoms with Crippen LogP contribution in [-0.2, 0) is 0 Å². The van der Waals surface area contributed by atoms with Gasteiger partial charge in [-0.3, -0.25) is 0 Å². The average molecular weight is 166 g/mol. The Morgan fingerprint density at radius 3 is 3.00 bits per heavy atom. The number of rotatable bonds is 4. The van der Waals surface area contributed by atoms with E-state index in [1.54, 1.807) is 6.08 Å². The van der Waals surface area contributed by atoms with E-state index >= 15 is 0 Å². The number of hydrogen-bond donors (Lipinski definition) is 1. The topological polar surface area (TPSA) is 20.2 Å². The summed E-state index contributed by atoms with van der Waals surface area (Å²) in [6.07, 6.45) is 10.5. The van der Waals surface area contributed by atoms with Crippen LogP contribution in [0.25, 0.3) is 0 Å². The van der Waals surface area contributed by atoms with Crippen molar-refractivity contribution in [2.24, 2.45) is 0 Å². The summed E-state index contributed by atoms with van der Waals surface area (Å²) in [5.41, 5.74) is 1.44. The maximum absolute atomic E-state index is 9.49. The van der Waals surface area contributed by atoms with E-state index in [0.717, 1.165) is 12.8 Å². The predicted octanol–water partition coefficient (Wildman–Crippen LogP) is 2.81. The van der Waals surface area contributed by atoms with Crippen molar-refractivity contribution in [1.82, 2.24) is 0 Å². The van der Waals surface area contributed by atoms with Crippen LogP contribution in [0.15, 0.2) is 24.3 Å². The summed E-state index contributed by atoms with van der Waals surface area (Å²) in [6, 6.07) is 0. The summed E-state index contributed by atoms with van der Waals surface area (Å²) >= 11 is 0. The monoisotopic (exact) mass is 166 g/mol. The Kier molecular flexibility index (Phi) is 4.09. The van der Waals surface area contributed by atoms with E-state index in [9.17, 15) is 5.11 Å². The van der Waals surface area contributed by atoms with Crippen LogP contribution in [0.4, 0.5) is 0 Å². The maximum atomic E-state index is 9.49. The minimum Gasteiger partial charge on any atom is -0.392 e. The van der Waals surface area contributed by atoms with E-state index in [1.807, 2.05) is 0 Å². The molecule has 0 aliphatic heterocycles. The van der Waals surface area contributed by atoms with Crippen LogP contribution in [0.1, 0.15) is 38.5 Å². The van der Waals surface area contributed by atoms with Crippen LogP contribution in [0.3, 0.4) is 0 Å². The van der Waals surface area contributed by atoms with E-state index < -0.39 is 0 Å². The number of aliphatic hydroxyl groups is 1. The van der Waals surface area contributed by atoms with Crippen LogP contribution >= 0.6 is 0 Å². The third-order valence-corrected chi connectivity index (χ3v) is 2.32. The van der Waals surface area contributed by atoms with Crippen molar-refractivity contribution in [1.29, 1.82) is 0 Å². The highest BCUT2D eigenvalue weighted by Crippen LogP contribution is 2.21. The van der Waals surface area contributed by atoms with Gasteiger partial charge in [0, 0.05) is 0 Å². The Balaban J connectivity index is 2.28. The molecule has 1 N–H and O–H groups in total. The first-order valence-corrected chi connectivity index (χ1v) is 4.80. The third kappa shape index (κ3) is 3.22. The molecule has 12 heavy (non-hydrogen) atoms. The van der Waals surface area contributed by atoms with Gasteiger partial charge in [0.25, 0.3) is 0 Å². The SMILES string of the molecule is C=CC[C@H](O)CC1=CCCCC1. The third-order valence-electron chi connectivity index (χ3n) is 2.32. The van der Waals surface area contributed by atoms with Crippen molar-refractivity contribution in [2.45, 2.75) is 44.6 Å². The van der Waals surface area contributed by atoms with Gasteiger partial charge in [0.2, 0.25) is 0 Å². The zero-order valence-corrected chi connectivity index (χ0v) is 7.63. The minimum atomic E-state index is -0.202. The van der Waals surface area contributed by atoms with E-state index in [4.69, 9.17) is 0 Å². The highest BCUT2D eigenvalue weighted by atomic mass is 16.3. The fourth-order valence-corrected chi connectivity index (χ4v) is 1.67. The lowest BCUT2D eigenvalue weighted by Gasteiger charge is -2.15. The van der Waals surface area contributed by atoms with Crippen molar-refractivity contribution < 1.29 is 5.11 Å². The van der Waals surface area contributed by atoms with Gasteiger partial charge in [-0.2, -0.15) is 0 Å². The minimum absolute atomic E-state index is 0.202. The van der Waals surface area contributed by atoms with Gasteiger partial charge < -0.3 is 5.11 Å². The Hall–Kier alpha value is -0.560. The van der Waals surface area contributed by atoms with Gasteiger partial charge in [0.15, 0.2) is 0 Å². The van der Waals surface area contributed by atoms with Gasteiger partial charge in [-0.15, -0.1) is 6.58 Å². The maximum Gasteiger partial charge on any atom is 0.0611 e. The molecule has 0 saturated heterocycles. The fraction of sp³-hybridized carbons (Fsp3) is 0.636. The van der Waals surface area contributed by atoms with Gasteiger partial charge in [-0.05, 0) is 38.5 Å². The molecule has 0 fully saturated rings. The van der Waals surface area contributed by atoms with Crippen molar-refractivity contribution in [3.63, 3.8) is 0 Å². The molecule has 1 heteroatoms. The van der Waals surface area contributed by atoms with Crippen LogP contribution < -0.4 is 0 Å². The quantitative estimate of drug-likeness (QED) is 0.637. The first kappa shape index (κ1) is 9.53. The molecule has 0 aromatic carbocycles. The average Bonchev–Trinajstić information content (AvgIpc) is 2.06. The smallest absolute Gasteiger partial charge is 0.0611 e. The molecule has 0 bridgehead atoms. The Morgan fingerprint density at radius 1 is 1.58 bits per heavy atom. The molecule has 1 atom stereocenters. The summed E-state index contributed by atoms with van der Waals surface area (Å²) < 4.78 is 0. The lowest BCUT2D eigenvalue weighted by atomic mass is 9.94. The summed E-state index contributed by atoms with van der Waals surface area (Å²) in [5.74, 6) is 0. The van der Waals surface area contributed by atoms with Crippen LogP contribution in [0.5, 0.6) is 0 Å². The lowest BCUT2D eigenvalue weighted by Crippen LogP contribution is -2.07. The zero-order chi connectivity index (χ0) is 8.81. The molecule has 68 valence electrons. The molecule has 1 nitrogen and oxygen atoms in total. The fourth-order valence-electron chi connectivity index (χ4n) is 1.67. The standard InChI is InChI=1S/C11H18O/c1-2-6-11(12)9-10-7-4-3-5-8-10/h2,7,11-12H,1,3-6,8-9H2/t11-/m0/s1. The molecule has 0 radical (unpaired) electrons. The molecule has 0 heterocycles. The van der Waals surface area contributed by atoms with E-state index in [0.29, 0.717) is 0 Å². The second-order valence-corrected chi connectivity index (χ2v) is 3.49. The molecule has 1 aliphatic rings. The largest absolute Gasteiger partial charge is 0.392 e. The zero-order valence-electron chi connectivity index (χ0n) is 7.63. The van der Waals surface area contributed by atoms with Crippen LogP contribution in [-0.4, -0.2) is 11.2 Å². The molecule has 0 amide bonds. The summed E-state index contributed by atoms with van der Waals surface area (Å²) in [6.45, 7) is 3.61. The Bertz CT molecular complexity index is 170. The summed E-state index contributed by atoms with van der Waals surface area (Å²) in [5, 5.41) is 9.49. The van der Waals surface area contributed by atoms with Crippen molar-refractivity contribution in [3.8, 4) is 0 Å². The first-order valence-electron chi connectivity index (χ1n) is 4.80. The molecule has 0 spiro atoms. The van der Waals surface area contributed by atoms with Crippen molar-refractivity contribution in [2.75, 3.05) is 0 Å². The summed E-state index contributed by atoms with van der Waals surface area (Å²) in [4.78, 5) is 0. The van der Waals surface area contributed by atoms with Gasteiger partial charge >= 0.3 is 0 Å². The van der Waals surface area contributed by atoms with Gasteiger partial charge in [0.05, 0.1) is 6.10 Å². The highest BCUT2D eigenvalue weighted by Gasteiger charge is 2.08. The second kappa shape index (κ2) is 5.15. The number of hydrogen-bond acceptors (Lipinski definition) is 1. The molecule has 1 aliphatic carbocycles. The number of allylic oxidation sites excluding steroid dienone is 1. The lowest BCUT2D eigenvalue weighted by molar-refractivity contribution is 0.176. The molecule has 0 aromatic rings. The second-order valence-electron chi connectivity index (χ2n) is 3.49. The van der Waals surface area contributed by atoms with Gasteiger partial charge in [0.1, 0.15) is 0 Å². The predicted molar refractivity (Wildman–Crippen MR) is 52.0 cm³/mol. The normalized spacial score (nSPS) is 19.9. The van der Waals surface area contributed by atoms with Crippen LogP contribution in [0, 0.1) is 0 Å². The molecule has 0 saturated carbocycles. The van der Waals surface area contributed by atoms with Crippen molar-refractivity contribution >= 4 is 0 Å². The molecular weight excluding hydrogens is 148 g/mol. The van der Waals surface area contributed by atoms with Gasteiger partial charge in [-0.1, -0.05) is 17.7 Å². The summed E-state index contributed by atoms with van der Waals surface area (Å²) in [7, 11) is 0. The molecular formula is C11H18O. The first-order chi connectivity index (χ1) is 5.83. The van der Waals surface area contributed by atoms with E-state index in [1.165, 1.54) is 31.3 Å². The van der Waals surface area contributed by atoms with E-state index in [2.05, 4.69) is 12.7 Å². The number of aliphatic hydroxyl groups excluding tert-OH is 1. The van der Waals surface area contributed by atoms with Gasteiger partial charge in [-0.25, -0.2) is 0 Å². The van der Waals surface area contributed by atoms with Crippen LogP contribution in [0.2, 0.25) is 0 Å². The Morgan fingerprint density at radius 2 is 2.42 bits per heavy atom. The van der Waals surface area contributed by atoms with E-state index in [-0.39, 0.29) is 6.10 Å².